The van der Waals surface area contributed by atoms with Crippen molar-refractivity contribution < 1.29 is 33.7 Å². The van der Waals surface area contributed by atoms with E-state index in [2.05, 4.69) is 18.8 Å². The molecule has 0 bridgehead atoms. The molecule has 2 aliphatic heterocycles. The molecule has 0 saturated carbocycles. The van der Waals surface area contributed by atoms with Gasteiger partial charge in [-0.1, -0.05) is 32.8 Å². The Hall–Kier alpha value is -4.02. The first-order valence-corrected chi connectivity index (χ1v) is 16.2. The van der Waals surface area contributed by atoms with Crippen LogP contribution in [-0.4, -0.2) is 63.9 Å². The minimum atomic E-state index is -0.949. The number of carboxylic acid groups (broad SMARTS) is 1. The highest BCUT2D eigenvalue weighted by Crippen LogP contribution is 2.45. The molecule has 46 heavy (non-hydrogen) atoms. The van der Waals surface area contributed by atoms with E-state index >= 15 is 0 Å². The predicted molar refractivity (Wildman–Crippen MR) is 173 cm³/mol. The number of nitrogens with zero attached hydrogens (tertiary/aromatic N) is 3. The van der Waals surface area contributed by atoms with Crippen LogP contribution in [0.4, 0.5) is 10.1 Å². The van der Waals surface area contributed by atoms with Gasteiger partial charge in [0.15, 0.2) is 11.5 Å². The fourth-order valence-corrected chi connectivity index (χ4v) is 7.13. The quantitative estimate of drug-likeness (QED) is 0.227. The monoisotopic (exact) mass is 633 g/mol. The Bertz CT molecular complexity index is 1510. The number of carboxylic acids is 1. The maximum absolute atomic E-state index is 14.4. The Morgan fingerprint density at radius 2 is 1.89 bits per heavy atom. The lowest BCUT2D eigenvalue weighted by atomic mass is 9.83. The van der Waals surface area contributed by atoms with Crippen LogP contribution in [0, 0.1) is 18.7 Å². The zero-order valence-electron chi connectivity index (χ0n) is 26.8. The average molecular weight is 634 g/mol. The number of pyridine rings is 1. The largest absolute Gasteiger partial charge is 0.481 e. The molecule has 3 aromatic rings. The van der Waals surface area contributed by atoms with Crippen LogP contribution in [0.1, 0.15) is 74.3 Å². The number of halogens is 1. The number of fused-ring (bicyclic) bond motifs is 1. The molecule has 5 rings (SSSR count). The molecule has 2 N–H and O–H groups in total. The lowest BCUT2D eigenvalue weighted by molar-refractivity contribution is -0.143. The van der Waals surface area contributed by atoms with Crippen LogP contribution in [0.5, 0.6) is 11.5 Å². The number of amides is 1. The van der Waals surface area contributed by atoms with E-state index in [9.17, 15) is 24.2 Å². The van der Waals surface area contributed by atoms with E-state index in [1.165, 1.54) is 6.07 Å². The van der Waals surface area contributed by atoms with Crippen molar-refractivity contribution in [1.82, 2.24) is 9.88 Å². The van der Waals surface area contributed by atoms with Crippen molar-refractivity contribution in [1.29, 1.82) is 0 Å². The Kier molecular flexibility index (Phi) is 10.9. The van der Waals surface area contributed by atoms with Crippen molar-refractivity contribution in [3.8, 4) is 11.5 Å². The number of likely N-dealkylation sites (tertiary alicyclic amines) is 1. The smallest absolute Gasteiger partial charge is 0.308 e. The second kappa shape index (κ2) is 15.0. The standard InChI is InChI=1S/C36H44FN3O6/c1-4-8-27(9-5-2)40(28-12-13-30(37)23(3)16-28)33(42)20-39-19-29(24-17-25(21-41)35-32(18-24)45-22-46-35)34(36(43)44)31(39)14-11-26-10-6-7-15-38-26/h6-7,10,12-13,15-18,27,29,31,34,41H,4-5,8-9,11,14,19-22H2,1-3H3,(H,43,44)/t29-,31+,34-/m1/s1. The topological polar surface area (TPSA) is 112 Å². The van der Waals surface area contributed by atoms with Crippen LogP contribution < -0.4 is 14.4 Å². The van der Waals surface area contributed by atoms with E-state index in [-0.39, 0.29) is 37.7 Å². The van der Waals surface area contributed by atoms with Gasteiger partial charge in [-0.15, -0.1) is 0 Å². The van der Waals surface area contributed by atoms with E-state index in [0.29, 0.717) is 47.7 Å². The number of ether oxygens (including phenoxy) is 2. The molecule has 0 spiro atoms. The molecule has 0 aliphatic carbocycles. The van der Waals surface area contributed by atoms with Crippen molar-refractivity contribution in [2.45, 2.75) is 83.9 Å². The zero-order chi connectivity index (χ0) is 32.8. The first-order chi connectivity index (χ1) is 22.2. The third-order valence-electron chi connectivity index (χ3n) is 9.26. The number of aliphatic hydroxyl groups excluding tert-OH is 1. The van der Waals surface area contributed by atoms with Crippen LogP contribution >= 0.6 is 0 Å². The van der Waals surface area contributed by atoms with Gasteiger partial charge in [0.1, 0.15) is 5.82 Å². The van der Waals surface area contributed by atoms with Gasteiger partial charge in [-0.05, 0) is 86.2 Å². The third-order valence-corrected chi connectivity index (χ3v) is 9.26. The number of benzene rings is 2. The van der Waals surface area contributed by atoms with Crippen LogP contribution in [0.25, 0.3) is 0 Å². The van der Waals surface area contributed by atoms with Crippen molar-refractivity contribution in [3.05, 3.63) is 82.9 Å². The summed E-state index contributed by atoms with van der Waals surface area (Å²) in [6.45, 7) is 5.94. The number of hydrogen-bond acceptors (Lipinski definition) is 7. The van der Waals surface area contributed by atoms with Crippen LogP contribution in [0.15, 0.2) is 54.7 Å². The first-order valence-electron chi connectivity index (χ1n) is 16.2. The summed E-state index contributed by atoms with van der Waals surface area (Å²) >= 11 is 0. The number of aromatic nitrogens is 1. The molecule has 0 radical (unpaired) electrons. The fourth-order valence-electron chi connectivity index (χ4n) is 7.13. The molecule has 2 aliphatic rings. The van der Waals surface area contributed by atoms with E-state index in [4.69, 9.17) is 9.47 Å². The summed E-state index contributed by atoms with van der Waals surface area (Å²) in [5.74, 6) is -1.77. The summed E-state index contributed by atoms with van der Waals surface area (Å²) in [6.07, 6.45) is 6.09. The maximum atomic E-state index is 14.4. The molecule has 2 aromatic carbocycles. The highest BCUT2D eigenvalue weighted by molar-refractivity contribution is 5.95. The number of anilines is 1. The van der Waals surface area contributed by atoms with Crippen LogP contribution in [0.3, 0.4) is 0 Å². The molecule has 9 nitrogen and oxygen atoms in total. The number of rotatable bonds is 14. The molecule has 3 atom stereocenters. The third kappa shape index (κ3) is 7.18. The highest BCUT2D eigenvalue weighted by Gasteiger charge is 2.47. The number of carbonyl (C=O) groups is 2. The van der Waals surface area contributed by atoms with E-state index in [1.807, 2.05) is 28.0 Å². The molecule has 246 valence electrons. The Labute approximate surface area is 270 Å². The second-order valence-electron chi connectivity index (χ2n) is 12.3. The molecule has 1 amide bonds. The molecule has 1 fully saturated rings. The van der Waals surface area contributed by atoms with Gasteiger partial charge in [0.2, 0.25) is 12.7 Å². The van der Waals surface area contributed by atoms with Crippen LogP contribution in [0.2, 0.25) is 0 Å². The Balaban J connectivity index is 1.52. The number of aliphatic carboxylic acids is 1. The number of aryl methyl sites for hydroxylation is 2. The minimum absolute atomic E-state index is 0.00489. The fraction of sp³-hybridized carbons (Fsp3) is 0.472. The first kappa shape index (κ1) is 33.3. The van der Waals surface area contributed by atoms with Gasteiger partial charge in [-0.3, -0.25) is 19.5 Å². The van der Waals surface area contributed by atoms with Gasteiger partial charge in [0.25, 0.3) is 0 Å². The predicted octanol–water partition coefficient (Wildman–Crippen LogP) is 5.85. The highest BCUT2D eigenvalue weighted by atomic mass is 19.1. The Morgan fingerprint density at radius 1 is 1.11 bits per heavy atom. The summed E-state index contributed by atoms with van der Waals surface area (Å²) in [6, 6.07) is 13.5. The summed E-state index contributed by atoms with van der Waals surface area (Å²) < 4.78 is 25.5. The molecular formula is C36H44FN3O6. The van der Waals surface area contributed by atoms with Gasteiger partial charge in [-0.25, -0.2) is 4.39 Å². The average Bonchev–Trinajstić information content (AvgIpc) is 3.67. The second-order valence-corrected chi connectivity index (χ2v) is 12.3. The summed E-state index contributed by atoms with van der Waals surface area (Å²) in [5.41, 5.74) is 3.22. The van der Waals surface area contributed by atoms with Gasteiger partial charge < -0.3 is 24.6 Å². The molecule has 0 unspecified atom stereocenters. The molecule has 1 saturated heterocycles. The lowest BCUT2D eigenvalue weighted by Gasteiger charge is -2.35. The molecule has 1 aromatic heterocycles. The van der Waals surface area contributed by atoms with Crippen LogP contribution in [-0.2, 0) is 22.6 Å². The SMILES string of the molecule is CCCC(CCC)N(C(=O)CN1C[C@H](c2cc(CO)c3c(c2)OCO3)[C@@H](C(=O)O)[C@@H]1CCc1ccccn1)c1ccc(F)c(C)c1. The molecule has 10 heteroatoms. The molecular weight excluding hydrogens is 589 g/mol. The van der Waals surface area contributed by atoms with Gasteiger partial charge in [-0.2, -0.15) is 0 Å². The normalized spacial score (nSPS) is 19.1. The minimum Gasteiger partial charge on any atom is -0.481 e. The van der Waals surface area contributed by atoms with Gasteiger partial charge in [0.05, 0.1) is 19.1 Å². The van der Waals surface area contributed by atoms with Gasteiger partial charge >= 0.3 is 5.97 Å². The van der Waals surface area contributed by atoms with Gasteiger partial charge in [0, 0.05) is 47.7 Å². The van der Waals surface area contributed by atoms with E-state index < -0.39 is 23.8 Å². The van der Waals surface area contributed by atoms with E-state index in [0.717, 1.165) is 36.9 Å². The number of aliphatic hydroxyl groups is 1. The summed E-state index contributed by atoms with van der Waals surface area (Å²) in [5, 5.41) is 20.8. The maximum Gasteiger partial charge on any atom is 0.308 e. The summed E-state index contributed by atoms with van der Waals surface area (Å²) in [4.78, 5) is 35.7. The van der Waals surface area contributed by atoms with Crippen molar-refractivity contribution >= 4 is 17.6 Å². The summed E-state index contributed by atoms with van der Waals surface area (Å²) in [7, 11) is 0. The van der Waals surface area contributed by atoms with Crippen molar-refractivity contribution in [2.75, 3.05) is 24.8 Å². The molecule has 3 heterocycles. The number of carbonyl (C=O) groups excluding carboxylic acids is 1. The Morgan fingerprint density at radius 3 is 2.54 bits per heavy atom. The number of hydrogen-bond donors (Lipinski definition) is 2. The van der Waals surface area contributed by atoms with Crippen molar-refractivity contribution in [3.63, 3.8) is 0 Å². The van der Waals surface area contributed by atoms with Crippen molar-refractivity contribution in [2.24, 2.45) is 5.92 Å². The zero-order valence-corrected chi connectivity index (χ0v) is 26.8. The lowest BCUT2D eigenvalue weighted by Crippen LogP contribution is -2.48. The van der Waals surface area contributed by atoms with E-state index in [1.54, 1.807) is 37.4 Å².